The zero-order chi connectivity index (χ0) is 17.6. The number of carbonyl (C=O) groups is 1. The molecular formula is C17H16ClN5O2. The number of aromatic nitrogens is 4. The Bertz CT molecular complexity index is 840. The number of hydrogen-bond donors (Lipinski definition) is 1. The number of ether oxygens (including phenoxy) is 1. The standard InChI is InChI=1S/C17H16ClN5O2/c1-25-16-8-7-13(10-14(16)18)20-17(24)15(23-11-19-21-22-23)9-12-5-3-2-4-6-12/h2-8,10-11,15H,9H2,1H3,(H,20,24)/t15-/m1/s1. The van der Waals surface area contributed by atoms with Gasteiger partial charge in [0.25, 0.3) is 0 Å². The zero-order valence-corrected chi connectivity index (χ0v) is 14.2. The largest absolute Gasteiger partial charge is 0.495 e. The van der Waals surface area contributed by atoms with Crippen LogP contribution in [0.2, 0.25) is 5.02 Å². The van der Waals surface area contributed by atoms with E-state index < -0.39 is 6.04 Å². The quantitative estimate of drug-likeness (QED) is 0.733. The second kappa shape index (κ2) is 7.76. The van der Waals surface area contributed by atoms with Gasteiger partial charge in [0, 0.05) is 12.1 Å². The van der Waals surface area contributed by atoms with Crippen LogP contribution in [0, 0.1) is 0 Å². The van der Waals surface area contributed by atoms with Crippen LogP contribution < -0.4 is 10.1 Å². The zero-order valence-electron chi connectivity index (χ0n) is 13.5. The second-order valence-electron chi connectivity index (χ2n) is 5.33. The summed E-state index contributed by atoms with van der Waals surface area (Å²) in [6.45, 7) is 0. The predicted molar refractivity (Wildman–Crippen MR) is 93.6 cm³/mol. The minimum Gasteiger partial charge on any atom is -0.495 e. The Morgan fingerprint density at radius 1 is 1.28 bits per heavy atom. The van der Waals surface area contributed by atoms with Crippen molar-refractivity contribution in [1.29, 1.82) is 0 Å². The lowest BCUT2D eigenvalue weighted by atomic mass is 10.1. The Kier molecular flexibility index (Phi) is 5.25. The number of nitrogens with one attached hydrogen (secondary N) is 1. The average molecular weight is 358 g/mol. The highest BCUT2D eigenvalue weighted by atomic mass is 35.5. The van der Waals surface area contributed by atoms with E-state index >= 15 is 0 Å². The molecule has 128 valence electrons. The minimum absolute atomic E-state index is 0.239. The molecule has 1 aromatic heterocycles. The number of benzene rings is 2. The smallest absolute Gasteiger partial charge is 0.249 e. The minimum atomic E-state index is -0.585. The van der Waals surface area contributed by atoms with E-state index in [-0.39, 0.29) is 5.91 Å². The van der Waals surface area contributed by atoms with Gasteiger partial charge < -0.3 is 10.1 Å². The maximum Gasteiger partial charge on any atom is 0.249 e. The molecule has 1 N–H and O–H groups in total. The van der Waals surface area contributed by atoms with Gasteiger partial charge in [-0.15, -0.1) is 5.10 Å². The number of methoxy groups -OCH3 is 1. The van der Waals surface area contributed by atoms with Crippen molar-refractivity contribution in [2.45, 2.75) is 12.5 Å². The topological polar surface area (TPSA) is 81.9 Å². The van der Waals surface area contributed by atoms with Crippen molar-refractivity contribution in [2.75, 3.05) is 12.4 Å². The molecule has 0 saturated heterocycles. The summed E-state index contributed by atoms with van der Waals surface area (Å²) < 4.78 is 6.55. The van der Waals surface area contributed by atoms with Crippen LogP contribution in [0.25, 0.3) is 0 Å². The van der Waals surface area contributed by atoms with Crippen molar-refractivity contribution < 1.29 is 9.53 Å². The maximum atomic E-state index is 12.8. The summed E-state index contributed by atoms with van der Waals surface area (Å²) in [6.07, 6.45) is 1.88. The van der Waals surface area contributed by atoms with E-state index in [2.05, 4.69) is 20.8 Å². The molecular weight excluding hydrogens is 342 g/mol. The van der Waals surface area contributed by atoms with Gasteiger partial charge in [0.1, 0.15) is 18.1 Å². The van der Waals surface area contributed by atoms with Crippen LogP contribution in [0.5, 0.6) is 5.75 Å². The Morgan fingerprint density at radius 3 is 2.72 bits per heavy atom. The molecule has 1 heterocycles. The Labute approximate surface area is 149 Å². The molecule has 8 heteroatoms. The molecule has 3 aromatic rings. The van der Waals surface area contributed by atoms with Crippen LogP contribution in [0.15, 0.2) is 54.9 Å². The third-order valence-corrected chi connectivity index (χ3v) is 3.97. The summed E-state index contributed by atoms with van der Waals surface area (Å²) in [5.41, 5.74) is 1.58. The SMILES string of the molecule is COc1ccc(NC(=O)[C@@H](Cc2ccccc2)n2cnnn2)cc1Cl. The molecule has 7 nitrogen and oxygen atoms in total. The molecule has 0 aliphatic carbocycles. The first-order valence-corrected chi connectivity index (χ1v) is 7.96. The van der Waals surface area contributed by atoms with E-state index in [1.165, 1.54) is 18.1 Å². The molecule has 1 atom stereocenters. The summed E-state index contributed by atoms with van der Waals surface area (Å²) in [7, 11) is 1.53. The van der Waals surface area contributed by atoms with Gasteiger partial charge in [-0.2, -0.15) is 0 Å². The highest BCUT2D eigenvalue weighted by molar-refractivity contribution is 6.32. The maximum absolute atomic E-state index is 12.8. The first-order chi connectivity index (χ1) is 12.2. The van der Waals surface area contributed by atoms with E-state index in [4.69, 9.17) is 16.3 Å². The van der Waals surface area contributed by atoms with E-state index in [0.29, 0.717) is 22.9 Å². The van der Waals surface area contributed by atoms with Crippen LogP contribution in [0.3, 0.4) is 0 Å². The molecule has 25 heavy (non-hydrogen) atoms. The molecule has 0 aliphatic heterocycles. The van der Waals surface area contributed by atoms with E-state index in [9.17, 15) is 4.79 Å². The molecule has 0 saturated carbocycles. The summed E-state index contributed by atoms with van der Waals surface area (Å²) in [6, 6.07) is 14.2. The molecule has 0 unspecified atom stereocenters. The number of tetrazole rings is 1. The molecule has 2 aromatic carbocycles. The van der Waals surface area contributed by atoms with Crippen molar-refractivity contribution in [3.8, 4) is 5.75 Å². The lowest BCUT2D eigenvalue weighted by Gasteiger charge is -2.17. The fourth-order valence-electron chi connectivity index (χ4n) is 2.42. The van der Waals surface area contributed by atoms with Crippen LogP contribution in [-0.2, 0) is 11.2 Å². The van der Waals surface area contributed by atoms with Gasteiger partial charge in [0.15, 0.2) is 0 Å². The summed E-state index contributed by atoms with van der Waals surface area (Å²) in [5, 5.41) is 14.4. The second-order valence-corrected chi connectivity index (χ2v) is 5.74. The number of halogens is 1. The lowest BCUT2D eigenvalue weighted by molar-refractivity contribution is -0.119. The molecule has 0 bridgehead atoms. The van der Waals surface area contributed by atoms with Crippen molar-refractivity contribution >= 4 is 23.2 Å². The number of nitrogens with zero attached hydrogens (tertiary/aromatic N) is 4. The van der Waals surface area contributed by atoms with Gasteiger partial charge in [0.2, 0.25) is 5.91 Å². The third-order valence-electron chi connectivity index (χ3n) is 3.68. The van der Waals surface area contributed by atoms with Crippen molar-refractivity contribution in [1.82, 2.24) is 20.2 Å². The van der Waals surface area contributed by atoms with E-state index in [1.807, 2.05) is 30.3 Å². The highest BCUT2D eigenvalue weighted by Gasteiger charge is 2.22. The van der Waals surface area contributed by atoms with E-state index in [1.54, 1.807) is 18.2 Å². The Balaban J connectivity index is 1.81. The number of amides is 1. The summed E-state index contributed by atoms with van der Waals surface area (Å²) in [4.78, 5) is 12.8. The van der Waals surface area contributed by atoms with Crippen LogP contribution in [-0.4, -0.2) is 33.2 Å². The molecule has 0 spiro atoms. The van der Waals surface area contributed by atoms with Crippen molar-refractivity contribution in [2.24, 2.45) is 0 Å². The van der Waals surface area contributed by atoms with E-state index in [0.717, 1.165) is 5.56 Å². The Hall–Kier alpha value is -2.93. The number of carbonyl (C=O) groups excluding carboxylic acids is 1. The van der Waals surface area contributed by atoms with Gasteiger partial charge in [0.05, 0.1) is 12.1 Å². The molecule has 0 aliphatic rings. The van der Waals surface area contributed by atoms with Crippen LogP contribution in [0.1, 0.15) is 11.6 Å². The fraction of sp³-hybridized carbons (Fsp3) is 0.176. The lowest BCUT2D eigenvalue weighted by Crippen LogP contribution is -2.28. The molecule has 0 fully saturated rings. The van der Waals surface area contributed by atoms with Crippen molar-refractivity contribution in [3.63, 3.8) is 0 Å². The van der Waals surface area contributed by atoms with Gasteiger partial charge in [-0.25, -0.2) is 4.68 Å². The first kappa shape index (κ1) is 16.9. The van der Waals surface area contributed by atoms with Crippen molar-refractivity contribution in [3.05, 3.63) is 65.4 Å². The van der Waals surface area contributed by atoms with Gasteiger partial charge in [-0.3, -0.25) is 4.79 Å². The number of hydrogen-bond acceptors (Lipinski definition) is 5. The molecule has 3 rings (SSSR count). The normalized spacial score (nSPS) is 11.8. The Morgan fingerprint density at radius 2 is 2.08 bits per heavy atom. The first-order valence-electron chi connectivity index (χ1n) is 7.58. The molecule has 0 radical (unpaired) electrons. The van der Waals surface area contributed by atoms with Gasteiger partial charge in [-0.05, 0) is 34.2 Å². The number of rotatable bonds is 6. The summed E-state index contributed by atoms with van der Waals surface area (Å²) >= 11 is 6.11. The van der Waals surface area contributed by atoms with Gasteiger partial charge >= 0.3 is 0 Å². The molecule has 1 amide bonds. The predicted octanol–water partition coefficient (Wildman–Crippen LogP) is 2.76. The fourth-order valence-corrected chi connectivity index (χ4v) is 2.68. The monoisotopic (exact) mass is 357 g/mol. The van der Waals surface area contributed by atoms with Gasteiger partial charge in [-0.1, -0.05) is 41.9 Å². The van der Waals surface area contributed by atoms with Crippen LogP contribution >= 0.6 is 11.6 Å². The van der Waals surface area contributed by atoms with Crippen LogP contribution in [0.4, 0.5) is 5.69 Å². The average Bonchev–Trinajstić information content (AvgIpc) is 3.15. The number of anilines is 1. The highest BCUT2D eigenvalue weighted by Crippen LogP contribution is 2.27. The summed E-state index contributed by atoms with van der Waals surface area (Å²) in [5.74, 6) is 0.304. The third kappa shape index (κ3) is 4.13.